The Bertz CT molecular complexity index is 384. The van der Waals surface area contributed by atoms with Gasteiger partial charge in [-0.25, -0.2) is 0 Å². The molecule has 0 N–H and O–H groups in total. The summed E-state index contributed by atoms with van der Waals surface area (Å²) in [5.74, 6) is 0. The Morgan fingerprint density at radius 3 is 2.61 bits per heavy atom. The number of allylic oxidation sites excluding steroid dienone is 2. The van der Waals surface area contributed by atoms with Crippen LogP contribution in [-0.4, -0.2) is 24.8 Å². The Balaban J connectivity index is 2.24. The third-order valence-electron chi connectivity index (χ3n) is 2.51. The number of hydrogen-bond acceptors (Lipinski definition) is 1. The van der Waals surface area contributed by atoms with Crippen LogP contribution in [0.5, 0.6) is 0 Å². The van der Waals surface area contributed by atoms with E-state index in [2.05, 4.69) is 6.92 Å². The molecule has 0 amide bonds. The number of rotatable bonds is 8. The van der Waals surface area contributed by atoms with Crippen LogP contribution < -0.4 is 3.61 Å². The van der Waals surface area contributed by atoms with Gasteiger partial charge in [0.15, 0.2) is 0 Å². The van der Waals surface area contributed by atoms with Crippen LogP contribution in [0.25, 0.3) is 0 Å². The molecule has 18 heavy (non-hydrogen) atoms. The number of benzene rings is 1. The first-order chi connectivity index (χ1) is 8.72. The first kappa shape index (κ1) is 15.8. The molecule has 1 aromatic rings. The number of hydrogen-bond donors (Lipinski definition) is 0. The second kappa shape index (κ2) is 9.62. The van der Waals surface area contributed by atoms with Crippen molar-refractivity contribution < 1.29 is 4.79 Å². The molecule has 0 fully saturated rings. The van der Waals surface area contributed by atoms with Gasteiger partial charge in [0.05, 0.1) is 0 Å². The van der Waals surface area contributed by atoms with Crippen LogP contribution in [0.4, 0.5) is 0 Å². The zero-order valence-corrected chi connectivity index (χ0v) is 13.8. The van der Waals surface area contributed by atoms with Crippen LogP contribution in [0, 0.1) is 0 Å². The fourth-order valence-corrected chi connectivity index (χ4v) is 3.56. The molecule has 0 saturated heterocycles. The Morgan fingerprint density at radius 1 is 1.22 bits per heavy atom. The van der Waals surface area contributed by atoms with Gasteiger partial charge >= 0.3 is 125 Å². The van der Waals surface area contributed by atoms with Crippen LogP contribution in [0.15, 0.2) is 36.4 Å². The Kier molecular flexibility index (Phi) is 8.42. The monoisotopic (exact) mass is 380 g/mol. The van der Waals surface area contributed by atoms with Gasteiger partial charge in [0.1, 0.15) is 0 Å². The van der Waals surface area contributed by atoms with Crippen molar-refractivity contribution in [2.75, 3.05) is 0 Å². The van der Waals surface area contributed by atoms with Crippen molar-refractivity contribution in [3.05, 3.63) is 41.4 Å². The molecular weight excluding hydrogens is 359 g/mol. The van der Waals surface area contributed by atoms with Gasteiger partial charge in [-0.3, -0.25) is 0 Å². The van der Waals surface area contributed by atoms with Gasteiger partial charge in [0.25, 0.3) is 0 Å². The molecular formula is C15H19ClOTe. The minimum absolute atomic E-state index is 0.290. The molecule has 0 atom stereocenters. The number of carbonyl (C=O) groups excluding carboxylic acids is 1. The molecule has 3 heteroatoms. The molecule has 0 aliphatic rings. The molecule has 0 aliphatic carbocycles. The Hall–Kier alpha value is -0.290. The fraction of sp³-hybridized carbons (Fsp3) is 0.400. The molecule has 1 aromatic carbocycles. The zero-order valence-electron chi connectivity index (χ0n) is 10.7. The second-order valence-electron chi connectivity index (χ2n) is 4.13. The predicted octanol–water partition coefficient (Wildman–Crippen LogP) is 3.72. The Morgan fingerprint density at radius 2 is 1.94 bits per heavy atom. The maximum atomic E-state index is 11.7. The number of carbonyl (C=O) groups is 1. The van der Waals surface area contributed by atoms with Crippen molar-refractivity contribution >= 4 is 40.0 Å². The first-order valence-electron chi connectivity index (χ1n) is 6.36. The molecule has 0 heterocycles. The predicted molar refractivity (Wildman–Crippen MR) is 79.7 cm³/mol. The van der Waals surface area contributed by atoms with Crippen molar-refractivity contribution in [2.45, 2.75) is 39.0 Å². The van der Waals surface area contributed by atoms with Crippen molar-refractivity contribution in [3.8, 4) is 0 Å². The van der Waals surface area contributed by atoms with E-state index >= 15 is 0 Å². The van der Waals surface area contributed by atoms with Gasteiger partial charge in [-0.05, 0) is 0 Å². The number of unbranched alkanes of at least 4 members (excludes halogenated alkanes) is 4. The summed E-state index contributed by atoms with van der Waals surface area (Å²) in [6.07, 6.45) is 9.83. The molecule has 0 unspecified atom stereocenters. The topological polar surface area (TPSA) is 17.1 Å². The fourth-order valence-electron chi connectivity index (χ4n) is 1.52. The summed E-state index contributed by atoms with van der Waals surface area (Å²) < 4.78 is 1.43. The summed E-state index contributed by atoms with van der Waals surface area (Å²) >= 11 is 5.06. The molecule has 0 bridgehead atoms. The van der Waals surface area contributed by atoms with E-state index in [1.165, 1.54) is 25.7 Å². The van der Waals surface area contributed by atoms with E-state index in [9.17, 15) is 4.79 Å². The van der Waals surface area contributed by atoms with E-state index in [0.29, 0.717) is 3.83 Å². The van der Waals surface area contributed by atoms with E-state index in [0.717, 1.165) is 15.1 Å². The second-order valence-corrected chi connectivity index (χ2v) is 7.64. The molecule has 98 valence electrons. The molecule has 0 radical (unpaired) electrons. The van der Waals surface area contributed by atoms with Gasteiger partial charge in [0, 0.05) is 0 Å². The molecule has 1 nitrogen and oxygen atoms in total. The van der Waals surface area contributed by atoms with Crippen LogP contribution in [0.2, 0.25) is 5.02 Å². The molecule has 0 aromatic heterocycles. The molecule has 0 spiro atoms. The van der Waals surface area contributed by atoms with Gasteiger partial charge in [-0.15, -0.1) is 0 Å². The first-order valence-corrected chi connectivity index (χ1v) is 9.07. The standard InChI is InChI=1S/C15H19ClOTe/c1-2-3-4-5-6-7-8-15(17)18-14-11-9-13(16)10-12-14/h7-12H,2-6H2,1H3/b8-7+. The summed E-state index contributed by atoms with van der Waals surface area (Å²) in [6, 6.07) is 7.61. The number of halogens is 1. The minimum atomic E-state index is -0.749. The molecule has 1 rings (SSSR count). The van der Waals surface area contributed by atoms with Crippen LogP contribution in [0.3, 0.4) is 0 Å². The normalized spacial score (nSPS) is 11.0. The van der Waals surface area contributed by atoms with Crippen LogP contribution in [-0.2, 0) is 4.79 Å². The van der Waals surface area contributed by atoms with Crippen molar-refractivity contribution in [1.29, 1.82) is 0 Å². The summed E-state index contributed by atoms with van der Waals surface area (Å²) in [6.45, 7) is 2.21. The third kappa shape index (κ3) is 7.21. The van der Waals surface area contributed by atoms with Gasteiger partial charge in [0.2, 0.25) is 0 Å². The van der Waals surface area contributed by atoms with Gasteiger partial charge < -0.3 is 0 Å². The van der Waals surface area contributed by atoms with Crippen molar-refractivity contribution in [2.24, 2.45) is 0 Å². The van der Waals surface area contributed by atoms with E-state index in [1.807, 2.05) is 30.3 Å². The Labute approximate surface area is 125 Å². The van der Waals surface area contributed by atoms with Crippen LogP contribution in [0.1, 0.15) is 39.0 Å². The van der Waals surface area contributed by atoms with Crippen LogP contribution >= 0.6 is 11.6 Å². The third-order valence-corrected chi connectivity index (χ3v) is 5.17. The van der Waals surface area contributed by atoms with E-state index in [-0.39, 0.29) is 0 Å². The summed E-state index contributed by atoms with van der Waals surface area (Å²) in [7, 11) is 0. The van der Waals surface area contributed by atoms with E-state index in [4.69, 9.17) is 11.6 Å². The van der Waals surface area contributed by atoms with Gasteiger partial charge in [-0.1, -0.05) is 0 Å². The quantitative estimate of drug-likeness (QED) is 0.383. The zero-order chi connectivity index (χ0) is 13.2. The summed E-state index contributed by atoms with van der Waals surface area (Å²) in [5.41, 5.74) is 0. The van der Waals surface area contributed by atoms with E-state index in [1.54, 1.807) is 6.08 Å². The van der Waals surface area contributed by atoms with Crippen molar-refractivity contribution in [3.63, 3.8) is 0 Å². The van der Waals surface area contributed by atoms with Crippen molar-refractivity contribution in [1.82, 2.24) is 0 Å². The molecule has 0 aliphatic heterocycles. The molecule has 0 saturated carbocycles. The average Bonchev–Trinajstić information content (AvgIpc) is 2.36. The summed E-state index contributed by atoms with van der Waals surface area (Å²) in [5, 5.41) is 0.727. The van der Waals surface area contributed by atoms with E-state index < -0.39 is 20.9 Å². The SMILES string of the molecule is CCCCCC/C=C/C(=O)[Te]c1ccc(Cl)cc1. The average molecular weight is 378 g/mol. The maximum absolute atomic E-state index is 11.7. The van der Waals surface area contributed by atoms with Gasteiger partial charge in [-0.2, -0.15) is 0 Å². The summed E-state index contributed by atoms with van der Waals surface area (Å²) in [4.78, 5) is 11.7.